The quantitative estimate of drug-likeness (QED) is 0.803. The monoisotopic (exact) mass is 273 g/mol. The van der Waals surface area contributed by atoms with E-state index in [-0.39, 0.29) is 29.9 Å². The number of pyridine rings is 1. The van der Waals surface area contributed by atoms with Crippen molar-refractivity contribution in [1.29, 1.82) is 0 Å². The summed E-state index contributed by atoms with van der Waals surface area (Å²) in [6.07, 6.45) is 1.83. The van der Waals surface area contributed by atoms with Crippen LogP contribution in [-0.2, 0) is 0 Å². The lowest BCUT2D eigenvalue weighted by atomic mass is 9.91. The van der Waals surface area contributed by atoms with Gasteiger partial charge in [-0.15, -0.1) is 12.4 Å². The molecule has 0 saturated carbocycles. The van der Waals surface area contributed by atoms with Crippen molar-refractivity contribution in [2.24, 2.45) is 0 Å². The van der Waals surface area contributed by atoms with Crippen LogP contribution in [0.25, 0.3) is 0 Å². The summed E-state index contributed by atoms with van der Waals surface area (Å²) in [4.78, 5) is 15.0. The highest BCUT2D eigenvalue weighted by Gasteiger charge is 2.20. The Morgan fingerprint density at radius 1 is 1.44 bits per heavy atom. The molecule has 0 radical (unpaired) electrons. The van der Waals surface area contributed by atoms with Crippen LogP contribution < -0.4 is 10.6 Å². The van der Waals surface area contributed by atoms with Crippen LogP contribution in [0.1, 0.15) is 34.8 Å². The van der Waals surface area contributed by atoms with E-state index < -0.39 is 5.95 Å². The Labute approximate surface area is 112 Å². The van der Waals surface area contributed by atoms with E-state index in [0.29, 0.717) is 5.56 Å². The van der Waals surface area contributed by atoms with E-state index in [1.165, 1.54) is 7.05 Å². The fourth-order valence-electron chi connectivity index (χ4n) is 2.14. The van der Waals surface area contributed by atoms with E-state index in [1.54, 1.807) is 12.1 Å². The van der Waals surface area contributed by atoms with Crippen molar-refractivity contribution in [1.82, 2.24) is 15.6 Å². The van der Waals surface area contributed by atoms with Crippen molar-refractivity contribution in [2.75, 3.05) is 20.1 Å². The maximum Gasteiger partial charge on any atom is 0.269 e. The summed E-state index contributed by atoms with van der Waals surface area (Å²) in [5.74, 6) is -0.666. The van der Waals surface area contributed by atoms with Crippen molar-refractivity contribution in [3.05, 3.63) is 29.3 Å². The van der Waals surface area contributed by atoms with Crippen molar-refractivity contribution in [3.63, 3.8) is 0 Å². The number of carbonyl (C=O) groups is 1. The summed E-state index contributed by atoms with van der Waals surface area (Å²) < 4.78 is 13.8. The maximum atomic E-state index is 13.8. The van der Waals surface area contributed by atoms with Crippen molar-refractivity contribution in [3.8, 4) is 0 Å². The molecule has 0 aromatic carbocycles. The van der Waals surface area contributed by atoms with Crippen LogP contribution in [0.5, 0.6) is 0 Å². The van der Waals surface area contributed by atoms with Gasteiger partial charge in [0.25, 0.3) is 5.91 Å². The minimum Gasteiger partial charge on any atom is -0.354 e. The third-order valence-electron chi connectivity index (χ3n) is 3.12. The van der Waals surface area contributed by atoms with Gasteiger partial charge in [-0.25, -0.2) is 4.98 Å². The molecule has 1 aliphatic heterocycles. The molecule has 0 aliphatic carbocycles. The lowest BCUT2D eigenvalue weighted by Crippen LogP contribution is -2.27. The predicted molar refractivity (Wildman–Crippen MR) is 69.7 cm³/mol. The predicted octanol–water partition coefficient (Wildman–Crippen LogP) is 1.47. The summed E-state index contributed by atoms with van der Waals surface area (Å²) in [6.45, 7) is 1.81. The lowest BCUT2D eigenvalue weighted by Gasteiger charge is -2.23. The smallest absolute Gasteiger partial charge is 0.269 e. The maximum absolute atomic E-state index is 13.8. The van der Waals surface area contributed by atoms with Gasteiger partial charge >= 0.3 is 0 Å². The first-order chi connectivity index (χ1) is 8.22. The van der Waals surface area contributed by atoms with Gasteiger partial charge in [0.1, 0.15) is 5.69 Å². The number of amides is 1. The van der Waals surface area contributed by atoms with Gasteiger partial charge in [0.15, 0.2) is 0 Å². The number of halogens is 2. The lowest BCUT2D eigenvalue weighted by molar-refractivity contribution is 0.0957. The summed E-state index contributed by atoms with van der Waals surface area (Å²) in [6, 6.07) is 3.27. The molecule has 0 spiro atoms. The molecule has 100 valence electrons. The third-order valence-corrected chi connectivity index (χ3v) is 3.12. The van der Waals surface area contributed by atoms with Crippen LogP contribution in [-0.4, -0.2) is 31.0 Å². The first-order valence-corrected chi connectivity index (χ1v) is 5.81. The average Bonchev–Trinajstić information content (AvgIpc) is 2.38. The SMILES string of the molecule is CNC(=O)c1ccc(C2CCNCC2)c(F)n1.Cl. The molecule has 4 nitrogen and oxygen atoms in total. The van der Waals surface area contributed by atoms with Gasteiger partial charge in [-0.3, -0.25) is 4.79 Å². The molecule has 0 atom stereocenters. The molecule has 1 saturated heterocycles. The second-order valence-corrected chi connectivity index (χ2v) is 4.18. The molecule has 1 amide bonds. The second kappa shape index (κ2) is 6.66. The minimum atomic E-state index is -0.516. The van der Waals surface area contributed by atoms with Crippen LogP contribution in [0.3, 0.4) is 0 Å². The highest BCUT2D eigenvalue weighted by molar-refractivity contribution is 5.91. The molecule has 6 heteroatoms. The molecule has 2 rings (SSSR count). The van der Waals surface area contributed by atoms with E-state index in [0.717, 1.165) is 25.9 Å². The molecular formula is C12H17ClFN3O. The molecule has 1 aromatic rings. The molecular weight excluding hydrogens is 257 g/mol. The van der Waals surface area contributed by atoms with Gasteiger partial charge in [-0.2, -0.15) is 4.39 Å². The number of carbonyl (C=O) groups excluding carboxylic acids is 1. The van der Waals surface area contributed by atoms with Gasteiger partial charge in [0.05, 0.1) is 0 Å². The molecule has 1 aliphatic rings. The highest BCUT2D eigenvalue weighted by Crippen LogP contribution is 2.26. The Hall–Kier alpha value is -1.20. The number of hydrogen-bond donors (Lipinski definition) is 2. The zero-order chi connectivity index (χ0) is 12.3. The number of hydrogen-bond acceptors (Lipinski definition) is 3. The average molecular weight is 274 g/mol. The third kappa shape index (κ3) is 3.17. The van der Waals surface area contributed by atoms with Crippen LogP contribution in [0, 0.1) is 5.95 Å². The standard InChI is InChI=1S/C12H16FN3O.ClH/c1-14-12(17)10-3-2-9(11(13)16-10)8-4-6-15-7-5-8;/h2-3,8,15H,4-7H2,1H3,(H,14,17);1H. The van der Waals surface area contributed by atoms with Crippen molar-refractivity contribution >= 4 is 18.3 Å². The summed E-state index contributed by atoms with van der Waals surface area (Å²) >= 11 is 0. The summed E-state index contributed by atoms with van der Waals surface area (Å²) in [5.41, 5.74) is 0.752. The molecule has 1 aromatic heterocycles. The molecule has 2 N–H and O–H groups in total. The second-order valence-electron chi connectivity index (χ2n) is 4.18. The minimum absolute atomic E-state index is 0. The van der Waals surface area contributed by atoms with E-state index in [1.807, 2.05) is 0 Å². The first-order valence-electron chi connectivity index (χ1n) is 5.81. The summed E-state index contributed by atoms with van der Waals surface area (Å²) in [7, 11) is 1.50. The molecule has 1 fully saturated rings. The van der Waals surface area contributed by atoms with Gasteiger partial charge in [-0.05, 0) is 37.9 Å². The topological polar surface area (TPSA) is 54.0 Å². The zero-order valence-corrected chi connectivity index (χ0v) is 11.0. The molecule has 2 heterocycles. The molecule has 0 unspecified atom stereocenters. The van der Waals surface area contributed by atoms with Crippen molar-refractivity contribution in [2.45, 2.75) is 18.8 Å². The van der Waals surface area contributed by atoms with Crippen LogP contribution in [0.15, 0.2) is 12.1 Å². The van der Waals surface area contributed by atoms with E-state index >= 15 is 0 Å². The summed E-state index contributed by atoms with van der Waals surface area (Å²) in [5, 5.41) is 5.67. The Balaban J connectivity index is 0.00000162. The fourth-order valence-corrected chi connectivity index (χ4v) is 2.14. The Kier molecular flexibility index (Phi) is 5.50. The molecule has 18 heavy (non-hydrogen) atoms. The number of nitrogens with one attached hydrogen (secondary N) is 2. The van der Waals surface area contributed by atoms with Crippen LogP contribution >= 0.6 is 12.4 Å². The Morgan fingerprint density at radius 2 is 2.11 bits per heavy atom. The largest absolute Gasteiger partial charge is 0.354 e. The number of rotatable bonds is 2. The van der Waals surface area contributed by atoms with Gasteiger partial charge < -0.3 is 10.6 Å². The molecule has 0 bridgehead atoms. The first kappa shape index (κ1) is 14.9. The number of nitrogens with zero attached hydrogens (tertiary/aromatic N) is 1. The van der Waals surface area contributed by atoms with Gasteiger partial charge in [0, 0.05) is 12.6 Å². The van der Waals surface area contributed by atoms with Gasteiger partial charge in [0.2, 0.25) is 5.95 Å². The van der Waals surface area contributed by atoms with Gasteiger partial charge in [-0.1, -0.05) is 6.07 Å². The Morgan fingerprint density at radius 3 is 2.67 bits per heavy atom. The fraction of sp³-hybridized carbons (Fsp3) is 0.500. The van der Waals surface area contributed by atoms with E-state index in [9.17, 15) is 9.18 Å². The highest BCUT2D eigenvalue weighted by atomic mass is 35.5. The number of piperidine rings is 1. The van der Waals surface area contributed by atoms with Crippen LogP contribution in [0.2, 0.25) is 0 Å². The van der Waals surface area contributed by atoms with E-state index in [4.69, 9.17) is 0 Å². The normalized spacial score (nSPS) is 15.9. The van der Waals surface area contributed by atoms with E-state index in [2.05, 4.69) is 15.6 Å². The van der Waals surface area contributed by atoms with Crippen molar-refractivity contribution < 1.29 is 9.18 Å². The number of aromatic nitrogens is 1. The Bertz CT molecular complexity index is 422. The van der Waals surface area contributed by atoms with Crippen LogP contribution in [0.4, 0.5) is 4.39 Å². The zero-order valence-electron chi connectivity index (χ0n) is 10.2.